The third-order valence-electron chi connectivity index (χ3n) is 6.42. The fraction of sp³-hybridized carbons (Fsp3) is 0.0345. The zero-order chi connectivity index (χ0) is 31.3. The lowest BCUT2D eigenvalue weighted by Crippen LogP contribution is -2.38. The van der Waals surface area contributed by atoms with Gasteiger partial charge in [0.2, 0.25) is 11.0 Å². The predicted octanol–water partition coefficient (Wildman–Crippen LogP) is 7.24. The first-order valence-electron chi connectivity index (χ1n) is 12.4. The van der Waals surface area contributed by atoms with Crippen molar-refractivity contribution in [2.24, 2.45) is 0 Å². The summed E-state index contributed by atoms with van der Waals surface area (Å²) in [6.45, 7) is 0. The molecule has 8 nitrogen and oxygen atoms in total. The van der Waals surface area contributed by atoms with E-state index in [0.717, 1.165) is 46.4 Å². The zero-order valence-corrected chi connectivity index (χ0v) is 23.3. The molecule has 6 aromatic rings. The zero-order valence-electron chi connectivity index (χ0n) is 21.7. The third-order valence-corrected chi connectivity index (χ3v) is 7.77. The first kappa shape index (κ1) is 29.0. The fourth-order valence-electron chi connectivity index (χ4n) is 4.50. The van der Waals surface area contributed by atoms with Gasteiger partial charge < -0.3 is 15.6 Å². The molecule has 0 amide bonds. The molecule has 3 aromatic carbocycles. The van der Waals surface area contributed by atoms with Gasteiger partial charge in [0.25, 0.3) is 5.78 Å². The normalized spacial score (nSPS) is 11.7. The van der Waals surface area contributed by atoms with Crippen LogP contribution < -0.4 is 15.2 Å². The summed E-state index contributed by atoms with van der Waals surface area (Å²) < 4.78 is 76.1. The van der Waals surface area contributed by atoms with Gasteiger partial charge in [-0.2, -0.15) is 0 Å². The van der Waals surface area contributed by atoms with Crippen LogP contribution in [0.5, 0.6) is 11.7 Å². The Morgan fingerprint density at radius 1 is 1.00 bits per heavy atom. The van der Waals surface area contributed by atoms with Crippen LogP contribution in [-0.4, -0.2) is 27.5 Å². The number of hydrogen-bond donors (Lipinski definition) is 2. The van der Waals surface area contributed by atoms with Gasteiger partial charge in [0.1, 0.15) is 27.1 Å². The molecule has 6 rings (SSSR count). The number of benzene rings is 3. The first-order valence-corrected chi connectivity index (χ1v) is 13.6. The van der Waals surface area contributed by atoms with Gasteiger partial charge in [-0.1, -0.05) is 23.7 Å². The average molecular weight is 646 g/mol. The van der Waals surface area contributed by atoms with Crippen molar-refractivity contribution in [1.29, 1.82) is 0 Å². The molecule has 3 heterocycles. The van der Waals surface area contributed by atoms with Crippen molar-refractivity contribution in [3.8, 4) is 39.8 Å². The fourth-order valence-corrected chi connectivity index (χ4v) is 5.69. The number of rotatable bonds is 6. The monoisotopic (exact) mass is 645 g/mol. The van der Waals surface area contributed by atoms with Gasteiger partial charge in [-0.15, -0.1) is 24.5 Å². The van der Waals surface area contributed by atoms with Gasteiger partial charge in [-0.25, -0.2) is 13.8 Å². The Morgan fingerprint density at radius 3 is 2.36 bits per heavy atom. The second kappa shape index (κ2) is 10.9. The number of aromatic nitrogens is 3. The van der Waals surface area contributed by atoms with E-state index < -0.39 is 41.2 Å². The van der Waals surface area contributed by atoms with Crippen LogP contribution in [0, 0.1) is 11.6 Å². The van der Waals surface area contributed by atoms with Crippen molar-refractivity contribution >= 4 is 44.6 Å². The maximum Gasteiger partial charge on any atom is 0.573 e. The third kappa shape index (κ3) is 5.40. The second-order valence-corrected chi connectivity index (χ2v) is 10.7. The minimum absolute atomic E-state index is 0.0124. The van der Waals surface area contributed by atoms with Crippen molar-refractivity contribution in [1.82, 2.24) is 10.3 Å². The number of aromatic hydroxyl groups is 1. The Bertz CT molecular complexity index is 2060. The number of nitrogens with two attached hydrogens (primary N) is 1. The largest absolute Gasteiger partial charge is 0.573 e. The minimum atomic E-state index is -4.92. The molecule has 222 valence electrons. The molecule has 0 aliphatic heterocycles. The number of carbonyl (C=O) groups excluding carboxylic acids is 1. The summed E-state index contributed by atoms with van der Waals surface area (Å²) in [7, 11) is 0. The Morgan fingerprint density at radius 2 is 1.70 bits per heavy atom. The number of carbonyl (C=O) groups is 1. The van der Waals surface area contributed by atoms with Crippen molar-refractivity contribution in [3.05, 3.63) is 100 Å². The van der Waals surface area contributed by atoms with E-state index in [2.05, 4.69) is 15.0 Å². The number of thiophene rings is 1. The summed E-state index contributed by atoms with van der Waals surface area (Å²) in [4.78, 5) is 18.5. The van der Waals surface area contributed by atoms with Crippen LogP contribution in [0.25, 0.3) is 38.3 Å². The SMILES string of the molecule is Nc1c(C(=O)c2c(O)on[n+]2-c2ccc(OC(F)(F)F)cc2)sc2nc(-c3ccc(Cl)cc3)cc(-c3ccc(F)cc3F)c12. The minimum Gasteiger partial charge on any atom is -0.474 e. The lowest BCUT2D eigenvalue weighted by Gasteiger charge is -2.10. The summed E-state index contributed by atoms with van der Waals surface area (Å²) in [5, 5.41) is 14.7. The molecule has 0 unspecified atom stereocenters. The van der Waals surface area contributed by atoms with Crippen LogP contribution in [0.2, 0.25) is 5.02 Å². The molecule has 0 bridgehead atoms. The molecule has 0 radical (unpaired) electrons. The highest BCUT2D eigenvalue weighted by Gasteiger charge is 2.38. The van der Waals surface area contributed by atoms with E-state index in [1.54, 1.807) is 30.3 Å². The molecule has 44 heavy (non-hydrogen) atoms. The maximum absolute atomic E-state index is 15.1. The number of ketones is 1. The number of ether oxygens (including phenoxy) is 1. The first-order chi connectivity index (χ1) is 20.9. The molecule has 0 spiro atoms. The highest BCUT2D eigenvalue weighted by molar-refractivity contribution is 7.21. The van der Waals surface area contributed by atoms with E-state index in [4.69, 9.17) is 21.9 Å². The molecule has 0 saturated carbocycles. The lowest BCUT2D eigenvalue weighted by molar-refractivity contribution is -0.672. The summed E-state index contributed by atoms with van der Waals surface area (Å²) >= 11 is 6.86. The predicted molar refractivity (Wildman–Crippen MR) is 150 cm³/mol. The molecule has 0 atom stereocenters. The van der Waals surface area contributed by atoms with E-state index >= 15 is 4.39 Å². The molecular weight excluding hydrogens is 631 g/mol. The van der Waals surface area contributed by atoms with Gasteiger partial charge in [0.15, 0.2) is 0 Å². The molecule has 3 N–H and O–H groups in total. The highest BCUT2D eigenvalue weighted by atomic mass is 35.5. The number of halogens is 6. The van der Waals surface area contributed by atoms with Crippen LogP contribution in [-0.2, 0) is 0 Å². The smallest absolute Gasteiger partial charge is 0.474 e. The van der Waals surface area contributed by atoms with Crippen molar-refractivity contribution < 1.29 is 45.8 Å². The van der Waals surface area contributed by atoms with Crippen molar-refractivity contribution in [3.63, 3.8) is 0 Å². The van der Waals surface area contributed by atoms with Crippen LogP contribution in [0.4, 0.5) is 27.6 Å². The Labute approximate surface area is 252 Å². The van der Waals surface area contributed by atoms with Gasteiger partial charge >= 0.3 is 18.0 Å². The summed E-state index contributed by atoms with van der Waals surface area (Å²) in [5.74, 6) is -3.99. The molecule has 3 aromatic heterocycles. The molecule has 15 heteroatoms. The number of alkyl halides is 3. The van der Waals surface area contributed by atoms with Crippen LogP contribution >= 0.6 is 22.9 Å². The highest BCUT2D eigenvalue weighted by Crippen LogP contribution is 2.43. The van der Waals surface area contributed by atoms with Crippen molar-refractivity contribution in [2.45, 2.75) is 6.36 Å². The number of nitrogens with zero attached hydrogens (tertiary/aromatic N) is 3. The van der Waals surface area contributed by atoms with Crippen LogP contribution in [0.15, 0.2) is 77.3 Å². The number of fused-ring (bicyclic) bond motifs is 1. The van der Waals surface area contributed by atoms with E-state index in [-0.39, 0.29) is 37.6 Å². The number of hydrogen-bond acceptors (Lipinski definition) is 8. The molecule has 0 aliphatic rings. The lowest BCUT2D eigenvalue weighted by atomic mass is 9.98. The number of nitrogen functional groups attached to an aromatic ring is 1. The standard InChI is InChI=1S/C29H14ClF5N4O4S/c30-14-3-1-13(2-4-14)21-12-19(18-10-5-15(31)11-20(18)32)22-23(36)26(44-27(22)37-21)25(40)24-28(41)43-38-39(24)16-6-8-17(9-7-16)42-29(33,34)35/h1-12H,(H2-,36,38,40,41)/p+1. The topological polar surface area (TPSA) is 115 Å². The van der Waals surface area contributed by atoms with Crippen LogP contribution in [0.3, 0.4) is 0 Å². The van der Waals surface area contributed by atoms with Gasteiger partial charge in [-0.05, 0) is 48.0 Å². The van der Waals surface area contributed by atoms with Gasteiger partial charge in [0, 0.05) is 44.4 Å². The van der Waals surface area contributed by atoms with Gasteiger partial charge in [0.05, 0.1) is 11.4 Å². The van der Waals surface area contributed by atoms with E-state index in [1.165, 1.54) is 6.07 Å². The molecule has 0 aliphatic carbocycles. The quantitative estimate of drug-likeness (QED) is 0.111. The van der Waals surface area contributed by atoms with Gasteiger partial charge in [-0.3, -0.25) is 9.32 Å². The van der Waals surface area contributed by atoms with Crippen molar-refractivity contribution in [2.75, 3.05) is 5.73 Å². The second-order valence-electron chi connectivity index (χ2n) is 9.22. The van der Waals surface area contributed by atoms with E-state index in [0.29, 0.717) is 22.3 Å². The van der Waals surface area contributed by atoms with Crippen LogP contribution in [0.1, 0.15) is 15.4 Å². The Hall–Kier alpha value is -5.08. The molecule has 0 fully saturated rings. The maximum atomic E-state index is 15.1. The average Bonchev–Trinajstić information content (AvgIpc) is 3.52. The van der Waals surface area contributed by atoms with E-state index in [1.807, 2.05) is 0 Å². The summed E-state index contributed by atoms with van der Waals surface area (Å²) in [5.41, 5.74) is 7.07. The molecular formula is C29H15ClF5N4O4S+. The number of anilines is 1. The summed E-state index contributed by atoms with van der Waals surface area (Å²) in [6.07, 6.45) is -4.92. The Balaban J connectivity index is 1.50. The number of pyridine rings is 1. The Kier molecular flexibility index (Phi) is 7.18. The van der Waals surface area contributed by atoms with E-state index in [9.17, 15) is 27.5 Å². The summed E-state index contributed by atoms with van der Waals surface area (Å²) in [6, 6.07) is 15.5. The molecule has 0 saturated heterocycles.